The zero-order chi connectivity index (χ0) is 16.2. The monoisotopic (exact) mass is 308 g/mol. The molecular formula is C17H25FN2O2. The Morgan fingerprint density at radius 1 is 1.45 bits per heavy atom. The number of hydrogen-bond donors (Lipinski definition) is 1. The van der Waals surface area contributed by atoms with Crippen molar-refractivity contribution in [2.45, 2.75) is 32.7 Å². The van der Waals surface area contributed by atoms with Crippen molar-refractivity contribution in [2.24, 2.45) is 5.41 Å². The number of rotatable bonds is 5. The molecule has 0 aliphatic carbocycles. The maximum absolute atomic E-state index is 13.4. The molecule has 1 aliphatic heterocycles. The van der Waals surface area contributed by atoms with Gasteiger partial charge >= 0.3 is 0 Å². The average molecular weight is 308 g/mol. The van der Waals surface area contributed by atoms with Gasteiger partial charge in [0.15, 0.2) is 11.6 Å². The zero-order valence-corrected chi connectivity index (χ0v) is 13.6. The Morgan fingerprint density at radius 3 is 2.86 bits per heavy atom. The van der Waals surface area contributed by atoms with Crippen LogP contribution in [0, 0.1) is 11.2 Å². The number of nitrogens with zero attached hydrogens (tertiary/aromatic N) is 1. The standard InChI is InChI=1S/C17H25FN2O2/c1-17(2)9-6-10-19-15(17)16(21)20(3)11-12-22-14-8-5-4-7-13(14)18/h4-5,7-8,15,19H,6,9-12H2,1-3H3. The number of amides is 1. The molecule has 1 fully saturated rings. The molecule has 122 valence electrons. The van der Waals surface area contributed by atoms with E-state index in [1.54, 1.807) is 30.1 Å². The van der Waals surface area contributed by atoms with Crippen molar-refractivity contribution in [2.75, 3.05) is 26.7 Å². The normalized spacial score (nSPS) is 20.5. The fraction of sp³-hybridized carbons (Fsp3) is 0.588. The molecule has 0 aromatic heterocycles. The highest BCUT2D eigenvalue weighted by Gasteiger charge is 2.38. The number of carbonyl (C=O) groups is 1. The van der Waals surface area contributed by atoms with Crippen molar-refractivity contribution in [1.82, 2.24) is 10.2 Å². The van der Waals surface area contributed by atoms with E-state index in [-0.39, 0.29) is 35.5 Å². The van der Waals surface area contributed by atoms with Crippen LogP contribution < -0.4 is 10.1 Å². The first-order chi connectivity index (χ1) is 10.4. The lowest BCUT2D eigenvalue weighted by atomic mass is 9.77. The van der Waals surface area contributed by atoms with Gasteiger partial charge in [-0.15, -0.1) is 0 Å². The van der Waals surface area contributed by atoms with Gasteiger partial charge in [-0.3, -0.25) is 4.79 Å². The number of nitrogens with one attached hydrogen (secondary N) is 1. The third-order valence-electron chi connectivity index (χ3n) is 4.27. The molecule has 0 radical (unpaired) electrons. The molecule has 1 amide bonds. The van der Waals surface area contributed by atoms with E-state index in [0.29, 0.717) is 6.54 Å². The van der Waals surface area contributed by atoms with Crippen molar-refractivity contribution < 1.29 is 13.9 Å². The molecule has 1 aromatic rings. The van der Waals surface area contributed by atoms with Crippen molar-refractivity contribution >= 4 is 5.91 Å². The molecule has 1 N–H and O–H groups in total. The number of likely N-dealkylation sites (N-methyl/N-ethyl adjacent to an activating group) is 1. The van der Waals surface area contributed by atoms with E-state index in [1.807, 2.05) is 0 Å². The second-order valence-electron chi connectivity index (χ2n) is 6.52. The van der Waals surface area contributed by atoms with E-state index in [1.165, 1.54) is 6.07 Å². The van der Waals surface area contributed by atoms with Crippen molar-refractivity contribution in [3.63, 3.8) is 0 Å². The number of benzene rings is 1. The number of hydrogen-bond acceptors (Lipinski definition) is 3. The summed E-state index contributed by atoms with van der Waals surface area (Å²) < 4.78 is 18.9. The van der Waals surface area contributed by atoms with Gasteiger partial charge in [0.05, 0.1) is 12.6 Å². The number of carbonyl (C=O) groups excluding carboxylic acids is 1. The summed E-state index contributed by atoms with van der Waals surface area (Å²) in [5.41, 5.74) is -0.0456. The van der Waals surface area contributed by atoms with E-state index >= 15 is 0 Å². The Balaban J connectivity index is 1.85. The van der Waals surface area contributed by atoms with Gasteiger partial charge < -0.3 is 15.0 Å². The fourth-order valence-electron chi connectivity index (χ4n) is 2.82. The fourth-order valence-corrected chi connectivity index (χ4v) is 2.82. The second-order valence-corrected chi connectivity index (χ2v) is 6.52. The van der Waals surface area contributed by atoms with Gasteiger partial charge in [-0.2, -0.15) is 0 Å². The molecule has 1 heterocycles. The Morgan fingerprint density at radius 2 is 2.18 bits per heavy atom. The van der Waals surface area contributed by atoms with Crippen molar-refractivity contribution in [3.05, 3.63) is 30.1 Å². The highest BCUT2D eigenvalue weighted by atomic mass is 19.1. The zero-order valence-electron chi connectivity index (χ0n) is 13.6. The predicted octanol–water partition coefficient (Wildman–Crippen LogP) is 2.44. The van der Waals surface area contributed by atoms with Gasteiger partial charge in [0, 0.05) is 7.05 Å². The maximum atomic E-state index is 13.4. The summed E-state index contributed by atoms with van der Waals surface area (Å²) in [4.78, 5) is 14.2. The van der Waals surface area contributed by atoms with Crippen LogP contribution in [0.2, 0.25) is 0 Å². The van der Waals surface area contributed by atoms with Gasteiger partial charge in [-0.05, 0) is 36.9 Å². The summed E-state index contributed by atoms with van der Waals surface area (Å²) in [6.45, 7) is 5.81. The third kappa shape index (κ3) is 3.97. The maximum Gasteiger partial charge on any atom is 0.240 e. The van der Waals surface area contributed by atoms with Crippen LogP contribution in [-0.2, 0) is 4.79 Å². The molecule has 1 aromatic carbocycles. The Bertz CT molecular complexity index is 519. The topological polar surface area (TPSA) is 41.6 Å². The van der Waals surface area contributed by atoms with Crippen molar-refractivity contribution in [1.29, 1.82) is 0 Å². The van der Waals surface area contributed by atoms with E-state index in [2.05, 4.69) is 19.2 Å². The van der Waals surface area contributed by atoms with Gasteiger partial charge in [-0.1, -0.05) is 26.0 Å². The molecule has 2 rings (SSSR count). The molecule has 1 aliphatic rings. The predicted molar refractivity (Wildman–Crippen MR) is 84.3 cm³/mol. The molecule has 0 spiro atoms. The lowest BCUT2D eigenvalue weighted by molar-refractivity contribution is -0.136. The first-order valence-electron chi connectivity index (χ1n) is 7.77. The molecule has 1 atom stereocenters. The third-order valence-corrected chi connectivity index (χ3v) is 4.27. The molecule has 0 saturated carbocycles. The Hall–Kier alpha value is -1.62. The quantitative estimate of drug-likeness (QED) is 0.908. The van der Waals surface area contributed by atoms with Crippen LogP contribution >= 0.6 is 0 Å². The molecule has 5 heteroatoms. The van der Waals surface area contributed by atoms with Crippen LogP contribution in [0.15, 0.2) is 24.3 Å². The van der Waals surface area contributed by atoms with Gasteiger partial charge in [0.2, 0.25) is 5.91 Å². The summed E-state index contributed by atoms with van der Waals surface area (Å²) in [6, 6.07) is 6.12. The molecule has 0 bridgehead atoms. The minimum Gasteiger partial charge on any atom is -0.489 e. The molecule has 1 unspecified atom stereocenters. The lowest BCUT2D eigenvalue weighted by Gasteiger charge is -2.40. The molecule has 1 saturated heterocycles. The Kier molecular flexibility index (Phi) is 5.40. The van der Waals surface area contributed by atoms with E-state index < -0.39 is 0 Å². The van der Waals surface area contributed by atoms with Crippen LogP contribution in [0.3, 0.4) is 0 Å². The molecule has 22 heavy (non-hydrogen) atoms. The lowest BCUT2D eigenvalue weighted by Crippen LogP contribution is -2.56. The number of para-hydroxylation sites is 1. The summed E-state index contributed by atoms with van der Waals surface area (Å²) >= 11 is 0. The van der Waals surface area contributed by atoms with Gasteiger partial charge in [0.25, 0.3) is 0 Å². The second kappa shape index (κ2) is 7.09. The van der Waals surface area contributed by atoms with Crippen LogP contribution in [-0.4, -0.2) is 43.6 Å². The summed E-state index contributed by atoms with van der Waals surface area (Å²) in [6.07, 6.45) is 2.13. The minimum absolute atomic E-state index is 0.0456. The first kappa shape index (κ1) is 16.7. The smallest absolute Gasteiger partial charge is 0.240 e. The van der Waals surface area contributed by atoms with E-state index in [0.717, 1.165) is 19.4 Å². The van der Waals surface area contributed by atoms with Crippen LogP contribution in [0.1, 0.15) is 26.7 Å². The number of piperidine rings is 1. The molecular weight excluding hydrogens is 283 g/mol. The molecule has 4 nitrogen and oxygen atoms in total. The number of halogens is 1. The summed E-state index contributed by atoms with van der Waals surface area (Å²) in [5.74, 6) is -0.0899. The van der Waals surface area contributed by atoms with Gasteiger partial charge in [0.1, 0.15) is 6.61 Å². The summed E-state index contributed by atoms with van der Waals surface area (Å²) in [7, 11) is 1.76. The largest absolute Gasteiger partial charge is 0.489 e. The van der Waals surface area contributed by atoms with Crippen LogP contribution in [0.25, 0.3) is 0 Å². The van der Waals surface area contributed by atoms with E-state index in [4.69, 9.17) is 4.74 Å². The van der Waals surface area contributed by atoms with Gasteiger partial charge in [-0.25, -0.2) is 4.39 Å². The average Bonchev–Trinajstić information content (AvgIpc) is 2.48. The van der Waals surface area contributed by atoms with Crippen LogP contribution in [0.4, 0.5) is 4.39 Å². The summed E-state index contributed by atoms with van der Waals surface area (Å²) in [5, 5.41) is 3.32. The Labute approximate surface area is 131 Å². The minimum atomic E-state index is -0.383. The highest BCUT2D eigenvalue weighted by Crippen LogP contribution is 2.30. The van der Waals surface area contributed by atoms with E-state index in [9.17, 15) is 9.18 Å². The van der Waals surface area contributed by atoms with Crippen molar-refractivity contribution in [3.8, 4) is 5.75 Å². The number of ether oxygens (including phenoxy) is 1. The first-order valence-corrected chi connectivity index (χ1v) is 7.77. The van der Waals surface area contributed by atoms with Crippen LogP contribution in [0.5, 0.6) is 5.75 Å². The highest BCUT2D eigenvalue weighted by molar-refractivity contribution is 5.82. The SMILES string of the molecule is CN(CCOc1ccccc1F)C(=O)C1NCCCC1(C)C.